The van der Waals surface area contributed by atoms with Gasteiger partial charge in [-0.1, -0.05) is 12.1 Å². The molecule has 2 aromatic carbocycles. The zero-order valence-electron chi connectivity index (χ0n) is 10.3. The SMILES string of the molecule is Cc1cc(F)c(C(Cl)Cc2cccc(F)c2)cc1F. The Hall–Kier alpha value is -1.48. The zero-order valence-corrected chi connectivity index (χ0v) is 11.0. The van der Waals surface area contributed by atoms with E-state index in [1.807, 2.05) is 0 Å². The molecule has 0 nitrogen and oxygen atoms in total. The van der Waals surface area contributed by atoms with Crippen molar-refractivity contribution < 1.29 is 13.2 Å². The van der Waals surface area contributed by atoms with Crippen LogP contribution in [0, 0.1) is 24.4 Å². The molecule has 1 atom stereocenters. The summed E-state index contributed by atoms with van der Waals surface area (Å²) in [6, 6.07) is 8.12. The van der Waals surface area contributed by atoms with Crippen molar-refractivity contribution in [2.75, 3.05) is 0 Å². The molecule has 2 rings (SSSR count). The fourth-order valence-corrected chi connectivity index (χ4v) is 2.23. The minimum absolute atomic E-state index is 0.0917. The van der Waals surface area contributed by atoms with Crippen molar-refractivity contribution >= 4 is 11.6 Å². The monoisotopic (exact) mass is 284 g/mol. The highest BCUT2D eigenvalue weighted by Crippen LogP contribution is 2.29. The van der Waals surface area contributed by atoms with Crippen LogP contribution in [-0.2, 0) is 6.42 Å². The molecule has 1 unspecified atom stereocenters. The maximum Gasteiger partial charge on any atom is 0.128 e. The van der Waals surface area contributed by atoms with Crippen LogP contribution in [0.3, 0.4) is 0 Å². The maximum atomic E-state index is 13.7. The van der Waals surface area contributed by atoms with E-state index in [-0.39, 0.29) is 23.4 Å². The van der Waals surface area contributed by atoms with Crippen LogP contribution in [0.5, 0.6) is 0 Å². The third-order valence-electron chi connectivity index (χ3n) is 2.92. The van der Waals surface area contributed by atoms with Gasteiger partial charge in [-0.3, -0.25) is 0 Å². The number of alkyl halides is 1. The van der Waals surface area contributed by atoms with Crippen molar-refractivity contribution in [3.8, 4) is 0 Å². The first kappa shape index (κ1) is 13.9. The average molecular weight is 285 g/mol. The molecule has 19 heavy (non-hydrogen) atoms. The molecule has 0 amide bonds. The Labute approximate surface area is 114 Å². The van der Waals surface area contributed by atoms with E-state index in [1.165, 1.54) is 19.1 Å². The van der Waals surface area contributed by atoms with Crippen LogP contribution in [0.2, 0.25) is 0 Å². The van der Waals surface area contributed by atoms with E-state index in [1.54, 1.807) is 12.1 Å². The van der Waals surface area contributed by atoms with E-state index in [9.17, 15) is 13.2 Å². The molecule has 0 aliphatic carbocycles. The number of rotatable bonds is 3. The normalized spacial score (nSPS) is 12.5. The Balaban J connectivity index is 2.25. The molecular weight excluding hydrogens is 273 g/mol. The fraction of sp³-hybridized carbons (Fsp3) is 0.200. The van der Waals surface area contributed by atoms with E-state index in [2.05, 4.69) is 0 Å². The van der Waals surface area contributed by atoms with Gasteiger partial charge in [0.2, 0.25) is 0 Å². The van der Waals surface area contributed by atoms with Crippen LogP contribution in [0.4, 0.5) is 13.2 Å². The number of hydrogen-bond acceptors (Lipinski definition) is 0. The van der Waals surface area contributed by atoms with E-state index in [0.717, 1.165) is 12.1 Å². The summed E-state index contributed by atoms with van der Waals surface area (Å²) >= 11 is 6.09. The molecule has 0 aromatic heterocycles. The summed E-state index contributed by atoms with van der Waals surface area (Å²) < 4.78 is 40.2. The predicted molar refractivity (Wildman–Crippen MR) is 69.8 cm³/mol. The van der Waals surface area contributed by atoms with Crippen LogP contribution >= 0.6 is 11.6 Å². The van der Waals surface area contributed by atoms with Gasteiger partial charge in [-0.05, 0) is 48.7 Å². The molecule has 4 heteroatoms. The first-order chi connectivity index (χ1) is 8.97. The van der Waals surface area contributed by atoms with Gasteiger partial charge in [-0.15, -0.1) is 11.6 Å². The first-order valence-corrected chi connectivity index (χ1v) is 6.25. The van der Waals surface area contributed by atoms with Gasteiger partial charge >= 0.3 is 0 Å². The number of benzene rings is 2. The molecule has 0 radical (unpaired) electrons. The highest BCUT2D eigenvalue weighted by molar-refractivity contribution is 6.20. The summed E-state index contributed by atoms with van der Waals surface area (Å²) in [4.78, 5) is 0. The van der Waals surface area contributed by atoms with Crippen molar-refractivity contribution in [3.63, 3.8) is 0 Å². The lowest BCUT2D eigenvalue weighted by atomic mass is 10.0. The van der Waals surface area contributed by atoms with Gasteiger partial charge in [0.05, 0.1) is 5.38 Å². The van der Waals surface area contributed by atoms with Gasteiger partial charge in [-0.25, -0.2) is 13.2 Å². The molecule has 0 bridgehead atoms. The quantitative estimate of drug-likeness (QED) is 0.701. The molecule has 0 heterocycles. The minimum atomic E-state index is -0.739. The lowest BCUT2D eigenvalue weighted by Crippen LogP contribution is -2.01. The van der Waals surface area contributed by atoms with Crippen molar-refractivity contribution in [1.82, 2.24) is 0 Å². The third kappa shape index (κ3) is 3.29. The maximum absolute atomic E-state index is 13.7. The van der Waals surface area contributed by atoms with Crippen LogP contribution in [0.1, 0.15) is 22.1 Å². The Morgan fingerprint density at radius 3 is 2.47 bits per heavy atom. The van der Waals surface area contributed by atoms with Crippen LogP contribution < -0.4 is 0 Å². The summed E-state index contributed by atoms with van der Waals surface area (Å²) in [6.07, 6.45) is 0.235. The molecular formula is C15H12ClF3. The largest absolute Gasteiger partial charge is 0.207 e. The average Bonchev–Trinajstić information content (AvgIpc) is 2.33. The van der Waals surface area contributed by atoms with Crippen LogP contribution in [0.25, 0.3) is 0 Å². The van der Waals surface area contributed by atoms with Gasteiger partial charge in [0.25, 0.3) is 0 Å². The number of halogens is 4. The van der Waals surface area contributed by atoms with Crippen LogP contribution in [-0.4, -0.2) is 0 Å². The Morgan fingerprint density at radius 1 is 1.05 bits per heavy atom. The van der Waals surface area contributed by atoms with E-state index < -0.39 is 17.0 Å². The molecule has 0 N–H and O–H groups in total. The van der Waals surface area contributed by atoms with Crippen molar-refractivity contribution in [2.24, 2.45) is 0 Å². The summed E-state index contributed by atoms with van der Waals surface area (Å²) in [5, 5.41) is -0.739. The molecule has 2 aromatic rings. The van der Waals surface area contributed by atoms with Gasteiger partial charge in [-0.2, -0.15) is 0 Å². The second-order valence-electron chi connectivity index (χ2n) is 4.42. The molecule has 100 valence electrons. The first-order valence-electron chi connectivity index (χ1n) is 5.81. The second-order valence-corrected chi connectivity index (χ2v) is 4.95. The third-order valence-corrected chi connectivity index (χ3v) is 3.31. The van der Waals surface area contributed by atoms with Crippen molar-refractivity contribution in [3.05, 3.63) is 70.5 Å². The minimum Gasteiger partial charge on any atom is -0.207 e. The van der Waals surface area contributed by atoms with Gasteiger partial charge in [0.1, 0.15) is 17.5 Å². The molecule has 0 saturated heterocycles. The Bertz CT molecular complexity index is 596. The second kappa shape index (κ2) is 5.66. The Morgan fingerprint density at radius 2 is 1.79 bits per heavy atom. The molecule has 0 aliphatic rings. The fourth-order valence-electron chi connectivity index (χ4n) is 1.88. The molecule has 0 saturated carbocycles. The van der Waals surface area contributed by atoms with Gasteiger partial charge in [0.15, 0.2) is 0 Å². The van der Waals surface area contributed by atoms with Crippen molar-refractivity contribution in [2.45, 2.75) is 18.7 Å². The topological polar surface area (TPSA) is 0 Å². The number of aryl methyl sites for hydroxylation is 1. The smallest absolute Gasteiger partial charge is 0.128 e. The molecule has 0 fully saturated rings. The van der Waals surface area contributed by atoms with Gasteiger partial charge in [0, 0.05) is 5.56 Å². The standard InChI is InChI=1S/C15H12ClF3/c1-9-5-15(19)12(8-14(9)18)13(16)7-10-3-2-4-11(17)6-10/h2-6,8,13H,7H2,1H3. The molecule has 0 aliphatic heterocycles. The summed E-state index contributed by atoms with van der Waals surface area (Å²) in [5.74, 6) is -1.42. The number of hydrogen-bond donors (Lipinski definition) is 0. The van der Waals surface area contributed by atoms with E-state index >= 15 is 0 Å². The van der Waals surface area contributed by atoms with Gasteiger partial charge < -0.3 is 0 Å². The molecule has 0 spiro atoms. The van der Waals surface area contributed by atoms with Crippen molar-refractivity contribution in [1.29, 1.82) is 0 Å². The van der Waals surface area contributed by atoms with E-state index in [4.69, 9.17) is 11.6 Å². The lowest BCUT2D eigenvalue weighted by molar-refractivity contribution is 0.575. The highest BCUT2D eigenvalue weighted by atomic mass is 35.5. The zero-order chi connectivity index (χ0) is 14.0. The summed E-state index contributed by atoms with van der Waals surface area (Å²) in [6.45, 7) is 1.48. The highest BCUT2D eigenvalue weighted by Gasteiger charge is 2.16. The summed E-state index contributed by atoms with van der Waals surface area (Å²) in [7, 11) is 0. The lowest BCUT2D eigenvalue weighted by Gasteiger charge is -2.12. The predicted octanol–water partition coefficient (Wildman–Crippen LogP) is 4.93. The van der Waals surface area contributed by atoms with E-state index in [0.29, 0.717) is 5.56 Å². The summed E-state index contributed by atoms with van der Waals surface area (Å²) in [5.41, 5.74) is 0.963. The Kier molecular flexibility index (Phi) is 4.15. The van der Waals surface area contributed by atoms with Crippen LogP contribution in [0.15, 0.2) is 36.4 Å².